The lowest BCUT2D eigenvalue weighted by Gasteiger charge is -2.31. The molecule has 1 atom stereocenters. The van der Waals surface area contributed by atoms with Crippen molar-refractivity contribution in [2.75, 3.05) is 33.2 Å². The fourth-order valence-electron chi connectivity index (χ4n) is 1.64. The molecule has 0 bridgehead atoms. The molecule has 1 aliphatic rings. The number of likely N-dealkylation sites (N-methyl/N-ethyl adjacent to an activating group) is 1. The highest BCUT2D eigenvalue weighted by Crippen LogP contribution is 2.12. The number of nitrogens with zero attached hydrogens (tertiary/aromatic N) is 2. The summed E-state index contributed by atoms with van der Waals surface area (Å²) in [6.45, 7) is 7.77. The Morgan fingerprint density at radius 2 is 1.53 bits per heavy atom. The van der Waals surface area contributed by atoms with Gasteiger partial charge in [0.1, 0.15) is 11.0 Å². The van der Waals surface area contributed by atoms with E-state index in [0.717, 1.165) is 31.1 Å². The standard InChI is InChI=1S/C11H16N2OS.C2H6/c1-12-7-9-13(10-8-12)15(14)11-5-3-2-4-6-11;1-2/h2-6H,7-10H2,1H3;1-2H3. The van der Waals surface area contributed by atoms with Gasteiger partial charge in [0.2, 0.25) is 0 Å². The van der Waals surface area contributed by atoms with Crippen LogP contribution in [0, 0.1) is 0 Å². The smallest absolute Gasteiger partial charge is 0.127 e. The average Bonchev–Trinajstić information content (AvgIpc) is 2.42. The normalized spacial score (nSPS) is 19.2. The molecule has 1 fully saturated rings. The van der Waals surface area contributed by atoms with Gasteiger partial charge in [0.15, 0.2) is 0 Å². The summed E-state index contributed by atoms with van der Waals surface area (Å²) in [7, 11) is 1.12. The Morgan fingerprint density at radius 3 is 2.06 bits per heavy atom. The zero-order valence-corrected chi connectivity index (χ0v) is 11.7. The maximum Gasteiger partial charge on any atom is 0.127 e. The van der Waals surface area contributed by atoms with Crippen molar-refractivity contribution in [1.29, 1.82) is 0 Å². The van der Waals surface area contributed by atoms with Crippen LogP contribution in [0.1, 0.15) is 13.8 Å². The molecule has 0 N–H and O–H groups in total. The first-order valence-electron chi connectivity index (χ1n) is 6.18. The molecule has 1 aromatic rings. The van der Waals surface area contributed by atoms with Crippen LogP contribution < -0.4 is 0 Å². The summed E-state index contributed by atoms with van der Waals surface area (Å²) >= 11 is 0. The van der Waals surface area contributed by atoms with Crippen molar-refractivity contribution >= 4 is 11.0 Å². The number of benzene rings is 1. The molecule has 96 valence electrons. The average molecular weight is 254 g/mol. The summed E-state index contributed by atoms with van der Waals surface area (Å²) in [5, 5.41) is 0. The van der Waals surface area contributed by atoms with E-state index < -0.39 is 11.0 Å². The highest BCUT2D eigenvalue weighted by Gasteiger charge is 2.19. The molecule has 1 heterocycles. The Bertz CT molecular complexity index is 335. The summed E-state index contributed by atoms with van der Waals surface area (Å²) < 4.78 is 14.2. The predicted molar refractivity (Wildman–Crippen MR) is 73.3 cm³/mol. The minimum Gasteiger partial charge on any atom is -0.304 e. The van der Waals surface area contributed by atoms with Crippen LogP contribution in [0.2, 0.25) is 0 Å². The van der Waals surface area contributed by atoms with Gasteiger partial charge in [-0.15, -0.1) is 0 Å². The molecule has 0 amide bonds. The van der Waals surface area contributed by atoms with Crippen LogP contribution in [0.3, 0.4) is 0 Å². The molecule has 0 aromatic heterocycles. The first kappa shape index (κ1) is 14.4. The van der Waals surface area contributed by atoms with Crippen molar-refractivity contribution in [2.24, 2.45) is 0 Å². The number of rotatable bonds is 2. The van der Waals surface area contributed by atoms with Gasteiger partial charge in [-0.3, -0.25) is 0 Å². The maximum atomic E-state index is 12.1. The molecule has 1 unspecified atom stereocenters. The van der Waals surface area contributed by atoms with Gasteiger partial charge < -0.3 is 4.90 Å². The van der Waals surface area contributed by atoms with Gasteiger partial charge in [0, 0.05) is 26.2 Å². The molecule has 0 spiro atoms. The quantitative estimate of drug-likeness (QED) is 0.806. The minimum absolute atomic E-state index is 0.887. The monoisotopic (exact) mass is 254 g/mol. The molecule has 17 heavy (non-hydrogen) atoms. The second-order valence-corrected chi connectivity index (χ2v) is 5.28. The van der Waals surface area contributed by atoms with Gasteiger partial charge in [-0.2, -0.15) is 0 Å². The molecule has 0 aliphatic carbocycles. The second-order valence-electron chi connectivity index (χ2n) is 3.79. The van der Waals surface area contributed by atoms with Crippen LogP contribution in [0.5, 0.6) is 0 Å². The van der Waals surface area contributed by atoms with Gasteiger partial charge in [-0.05, 0) is 19.2 Å². The Kier molecular flexibility index (Phi) is 6.40. The Hall–Kier alpha value is -0.710. The highest BCUT2D eigenvalue weighted by molar-refractivity contribution is 7.82. The zero-order valence-electron chi connectivity index (χ0n) is 10.9. The summed E-state index contributed by atoms with van der Waals surface area (Å²) in [6, 6.07) is 9.67. The van der Waals surface area contributed by atoms with Crippen LogP contribution in [-0.2, 0) is 11.0 Å². The largest absolute Gasteiger partial charge is 0.304 e. The predicted octanol–water partition coefficient (Wildman–Crippen LogP) is 1.98. The first-order chi connectivity index (χ1) is 8.27. The molecular weight excluding hydrogens is 232 g/mol. The third-order valence-electron chi connectivity index (χ3n) is 2.64. The van der Waals surface area contributed by atoms with Crippen LogP contribution >= 0.6 is 0 Å². The van der Waals surface area contributed by atoms with Crippen LogP contribution in [0.25, 0.3) is 0 Å². The van der Waals surface area contributed by atoms with Crippen LogP contribution in [0.4, 0.5) is 0 Å². The van der Waals surface area contributed by atoms with Gasteiger partial charge in [-0.1, -0.05) is 32.0 Å². The van der Waals surface area contributed by atoms with E-state index in [-0.39, 0.29) is 0 Å². The van der Waals surface area contributed by atoms with Crippen molar-refractivity contribution in [3.05, 3.63) is 30.3 Å². The topological polar surface area (TPSA) is 23.6 Å². The Balaban J connectivity index is 0.000000686. The fraction of sp³-hybridized carbons (Fsp3) is 0.538. The maximum absolute atomic E-state index is 12.1. The van der Waals surface area contributed by atoms with E-state index >= 15 is 0 Å². The molecule has 1 aliphatic heterocycles. The van der Waals surface area contributed by atoms with E-state index in [1.54, 1.807) is 0 Å². The molecule has 0 radical (unpaired) electrons. The molecule has 2 rings (SSSR count). The van der Waals surface area contributed by atoms with Gasteiger partial charge in [0.25, 0.3) is 0 Å². The summed E-state index contributed by atoms with van der Waals surface area (Å²) in [4.78, 5) is 3.17. The minimum atomic E-state index is -0.978. The number of hydrogen-bond donors (Lipinski definition) is 0. The molecule has 4 heteroatoms. The summed E-state index contributed by atoms with van der Waals surface area (Å²) in [6.07, 6.45) is 0. The van der Waals surface area contributed by atoms with E-state index in [9.17, 15) is 4.21 Å². The Morgan fingerprint density at radius 1 is 1.00 bits per heavy atom. The Labute approximate surface area is 107 Å². The molecule has 1 aromatic carbocycles. The van der Waals surface area contributed by atoms with Crippen LogP contribution in [0.15, 0.2) is 35.2 Å². The van der Waals surface area contributed by atoms with Crippen molar-refractivity contribution in [1.82, 2.24) is 9.21 Å². The number of hydrogen-bond acceptors (Lipinski definition) is 2. The fourth-order valence-corrected chi connectivity index (χ4v) is 2.82. The van der Waals surface area contributed by atoms with Crippen molar-refractivity contribution in [3.63, 3.8) is 0 Å². The lowest BCUT2D eigenvalue weighted by atomic mass is 10.4. The third-order valence-corrected chi connectivity index (χ3v) is 4.15. The highest BCUT2D eigenvalue weighted by atomic mass is 32.2. The van der Waals surface area contributed by atoms with Crippen molar-refractivity contribution in [2.45, 2.75) is 18.7 Å². The van der Waals surface area contributed by atoms with E-state index in [1.165, 1.54) is 0 Å². The second kappa shape index (κ2) is 7.58. The number of piperazine rings is 1. The SMILES string of the molecule is CC.CN1CCN(S(=O)c2ccccc2)CC1. The zero-order chi connectivity index (χ0) is 12.7. The lowest BCUT2D eigenvalue weighted by Crippen LogP contribution is -2.45. The first-order valence-corrected chi connectivity index (χ1v) is 7.28. The van der Waals surface area contributed by atoms with Crippen molar-refractivity contribution in [3.8, 4) is 0 Å². The van der Waals surface area contributed by atoms with Gasteiger partial charge in [-0.25, -0.2) is 8.51 Å². The van der Waals surface area contributed by atoms with Crippen LogP contribution in [-0.4, -0.2) is 46.6 Å². The van der Waals surface area contributed by atoms with E-state index in [1.807, 2.05) is 48.5 Å². The van der Waals surface area contributed by atoms with E-state index in [2.05, 4.69) is 11.9 Å². The molecule has 1 saturated heterocycles. The molecule has 0 saturated carbocycles. The van der Waals surface area contributed by atoms with E-state index in [0.29, 0.717) is 0 Å². The third kappa shape index (κ3) is 4.22. The summed E-state index contributed by atoms with van der Waals surface area (Å²) in [5.41, 5.74) is 0. The molecular formula is C13H22N2OS. The van der Waals surface area contributed by atoms with Gasteiger partial charge in [0.05, 0.1) is 4.90 Å². The summed E-state index contributed by atoms with van der Waals surface area (Å²) in [5.74, 6) is 0. The lowest BCUT2D eigenvalue weighted by molar-refractivity contribution is 0.228. The van der Waals surface area contributed by atoms with E-state index in [4.69, 9.17) is 0 Å². The van der Waals surface area contributed by atoms with Gasteiger partial charge >= 0.3 is 0 Å². The molecule has 3 nitrogen and oxygen atoms in total. The van der Waals surface area contributed by atoms with Crippen molar-refractivity contribution < 1.29 is 4.21 Å².